The van der Waals surface area contributed by atoms with Crippen LogP contribution < -0.4 is 0 Å². The Morgan fingerprint density at radius 2 is 1.81 bits per heavy atom. The summed E-state index contributed by atoms with van der Waals surface area (Å²) in [5.41, 5.74) is 0.454. The van der Waals surface area contributed by atoms with Crippen molar-refractivity contribution in [3.8, 4) is 0 Å². The Morgan fingerprint density at radius 3 is 2.52 bits per heavy atom. The van der Waals surface area contributed by atoms with Gasteiger partial charge in [-0.2, -0.15) is 0 Å². The van der Waals surface area contributed by atoms with Crippen molar-refractivity contribution in [1.82, 2.24) is 0 Å². The zero-order chi connectivity index (χ0) is 22.4. The van der Waals surface area contributed by atoms with Crippen molar-refractivity contribution in [3.05, 3.63) is 0 Å². The maximum absolute atomic E-state index is 12.2. The van der Waals surface area contributed by atoms with Crippen LogP contribution in [0, 0.1) is 46.3 Å². The third kappa shape index (κ3) is 3.84. The monoisotopic (exact) mass is 432 g/mol. The fourth-order valence-corrected chi connectivity index (χ4v) is 9.22. The average molecular weight is 433 g/mol. The first-order chi connectivity index (χ1) is 14.7. The topological polar surface area (TPSA) is 52.6 Å². The molecule has 4 aliphatic rings. The molecule has 4 nitrogen and oxygen atoms in total. The Morgan fingerprint density at radius 1 is 1.03 bits per heavy atom. The molecular formula is C27H44O4. The second-order valence-electron chi connectivity index (χ2n) is 11.9. The Balaban J connectivity index is 1.62. The molecule has 31 heavy (non-hydrogen) atoms. The van der Waals surface area contributed by atoms with E-state index in [1.807, 2.05) is 0 Å². The minimum atomic E-state index is -0.127. The normalized spacial score (nSPS) is 45.1. The van der Waals surface area contributed by atoms with Crippen molar-refractivity contribution in [2.75, 3.05) is 7.11 Å². The molecule has 0 aliphatic heterocycles. The quantitative estimate of drug-likeness (QED) is 0.488. The van der Waals surface area contributed by atoms with Gasteiger partial charge in [0.25, 0.3) is 0 Å². The largest absolute Gasteiger partial charge is 0.469 e. The summed E-state index contributed by atoms with van der Waals surface area (Å²) in [4.78, 5) is 24.0. The van der Waals surface area contributed by atoms with Crippen molar-refractivity contribution in [2.45, 2.75) is 104 Å². The van der Waals surface area contributed by atoms with Crippen LogP contribution in [0.5, 0.6) is 0 Å². The summed E-state index contributed by atoms with van der Waals surface area (Å²) >= 11 is 0. The number of carbonyl (C=O) groups excluding carboxylic acids is 2. The predicted molar refractivity (Wildman–Crippen MR) is 121 cm³/mol. The lowest BCUT2D eigenvalue weighted by molar-refractivity contribution is -0.193. The minimum Gasteiger partial charge on any atom is -0.469 e. The molecule has 0 unspecified atom stereocenters. The Kier molecular flexibility index (Phi) is 6.49. The molecule has 0 N–H and O–H groups in total. The number of esters is 2. The van der Waals surface area contributed by atoms with Crippen LogP contribution >= 0.6 is 0 Å². The molecule has 4 fully saturated rings. The first-order valence-electron chi connectivity index (χ1n) is 13.0. The van der Waals surface area contributed by atoms with E-state index >= 15 is 0 Å². The van der Waals surface area contributed by atoms with Crippen molar-refractivity contribution >= 4 is 11.9 Å². The van der Waals surface area contributed by atoms with Crippen LogP contribution in [0.2, 0.25) is 0 Å². The van der Waals surface area contributed by atoms with Gasteiger partial charge in [0.05, 0.1) is 7.11 Å². The molecule has 0 radical (unpaired) electrons. The molecule has 4 aliphatic carbocycles. The highest BCUT2D eigenvalue weighted by Crippen LogP contribution is 2.68. The fourth-order valence-electron chi connectivity index (χ4n) is 9.22. The minimum absolute atomic E-state index is 0.0156. The number of ether oxygens (including phenoxy) is 2. The van der Waals surface area contributed by atoms with Gasteiger partial charge in [-0.1, -0.05) is 33.6 Å². The summed E-state index contributed by atoms with van der Waals surface area (Å²) in [6, 6.07) is 0. The smallest absolute Gasteiger partial charge is 0.305 e. The lowest BCUT2D eigenvalue weighted by Gasteiger charge is -2.62. The van der Waals surface area contributed by atoms with E-state index in [1.54, 1.807) is 6.92 Å². The van der Waals surface area contributed by atoms with E-state index < -0.39 is 0 Å². The molecule has 4 saturated carbocycles. The maximum atomic E-state index is 12.2. The highest BCUT2D eigenvalue weighted by atomic mass is 16.5. The molecule has 9 atom stereocenters. The van der Waals surface area contributed by atoms with E-state index in [4.69, 9.17) is 9.47 Å². The number of rotatable bonds is 5. The van der Waals surface area contributed by atoms with Gasteiger partial charge in [0.1, 0.15) is 6.10 Å². The standard InChI is InChI=1S/C27H44O4/c1-17(9-14-25(29)30-5)21-12-13-22-20-11-10-19-8-6-7-15-26(19,3)23(20)16-24(27(21,22)4)31-18(2)28/h17,19-24H,6-16H2,1-5H3/t17-,19+,20+,21-,22+,23+,24+,26+,27-/m1/s1. The second-order valence-corrected chi connectivity index (χ2v) is 11.9. The van der Waals surface area contributed by atoms with Gasteiger partial charge in [-0.05, 0) is 92.3 Å². The van der Waals surface area contributed by atoms with Gasteiger partial charge in [-0.15, -0.1) is 0 Å². The summed E-state index contributed by atoms with van der Waals surface area (Å²) in [7, 11) is 1.47. The predicted octanol–water partition coefficient (Wildman–Crippen LogP) is 6.17. The summed E-state index contributed by atoms with van der Waals surface area (Å²) in [6.45, 7) is 8.90. The highest BCUT2D eigenvalue weighted by Gasteiger charge is 2.64. The zero-order valence-electron chi connectivity index (χ0n) is 20.5. The van der Waals surface area contributed by atoms with Gasteiger partial charge in [-0.25, -0.2) is 0 Å². The second kappa shape index (κ2) is 8.71. The average Bonchev–Trinajstić information content (AvgIpc) is 3.10. The summed E-state index contributed by atoms with van der Waals surface area (Å²) < 4.78 is 11.1. The number of methoxy groups -OCH3 is 1. The Bertz CT molecular complexity index is 689. The van der Waals surface area contributed by atoms with Crippen LogP contribution in [0.3, 0.4) is 0 Å². The highest BCUT2D eigenvalue weighted by molar-refractivity contribution is 5.69. The molecular weight excluding hydrogens is 388 g/mol. The number of carbonyl (C=O) groups is 2. The lowest BCUT2D eigenvalue weighted by Crippen LogP contribution is -2.59. The third-order valence-corrected chi connectivity index (χ3v) is 10.8. The zero-order valence-corrected chi connectivity index (χ0v) is 20.5. The van der Waals surface area contributed by atoms with E-state index in [9.17, 15) is 9.59 Å². The first-order valence-corrected chi connectivity index (χ1v) is 13.0. The van der Waals surface area contributed by atoms with E-state index in [0.717, 1.165) is 24.7 Å². The Hall–Kier alpha value is -1.06. The van der Waals surface area contributed by atoms with Gasteiger partial charge in [0, 0.05) is 18.8 Å². The number of fused-ring (bicyclic) bond motifs is 5. The first kappa shape index (κ1) is 23.1. The summed E-state index contributed by atoms with van der Waals surface area (Å²) in [5, 5.41) is 0. The van der Waals surface area contributed by atoms with Gasteiger partial charge in [0.15, 0.2) is 0 Å². The maximum Gasteiger partial charge on any atom is 0.305 e. The molecule has 0 aromatic carbocycles. The van der Waals surface area contributed by atoms with Gasteiger partial charge < -0.3 is 9.47 Å². The molecule has 0 bridgehead atoms. The van der Waals surface area contributed by atoms with Crippen molar-refractivity contribution < 1.29 is 19.1 Å². The Labute approximate surface area is 189 Å². The van der Waals surface area contributed by atoms with Crippen molar-refractivity contribution in [2.24, 2.45) is 46.3 Å². The molecule has 176 valence electrons. The van der Waals surface area contributed by atoms with Crippen LogP contribution in [0.25, 0.3) is 0 Å². The summed E-state index contributed by atoms with van der Waals surface area (Å²) in [6.07, 6.45) is 13.1. The lowest BCUT2D eigenvalue weighted by atomic mass is 9.44. The molecule has 0 amide bonds. The molecule has 0 aromatic heterocycles. The van der Waals surface area contributed by atoms with Gasteiger partial charge >= 0.3 is 11.9 Å². The van der Waals surface area contributed by atoms with Crippen LogP contribution in [-0.2, 0) is 19.1 Å². The van der Waals surface area contributed by atoms with E-state index in [2.05, 4.69) is 20.8 Å². The van der Waals surface area contributed by atoms with Gasteiger partial charge in [-0.3, -0.25) is 9.59 Å². The number of hydrogen-bond donors (Lipinski definition) is 0. The van der Waals surface area contributed by atoms with Crippen LogP contribution in [0.15, 0.2) is 0 Å². The molecule has 4 rings (SSSR count). The molecule has 0 spiro atoms. The molecule has 0 heterocycles. The van der Waals surface area contributed by atoms with Crippen LogP contribution in [0.4, 0.5) is 0 Å². The van der Waals surface area contributed by atoms with E-state index in [-0.39, 0.29) is 23.5 Å². The SMILES string of the molecule is COC(=O)CC[C@@H](C)[C@H]1CC[C@H]2[C@@H]3CC[C@@H]4CCCC[C@]4(C)[C@H]3C[C@H](OC(C)=O)[C@]12C. The van der Waals surface area contributed by atoms with Crippen LogP contribution in [0.1, 0.15) is 98.3 Å². The van der Waals surface area contributed by atoms with E-state index in [1.165, 1.54) is 58.5 Å². The molecule has 4 heteroatoms. The molecule has 0 saturated heterocycles. The number of hydrogen-bond acceptors (Lipinski definition) is 4. The summed E-state index contributed by atoms with van der Waals surface area (Å²) in [5.74, 6) is 3.66. The van der Waals surface area contributed by atoms with Gasteiger partial charge in [0.2, 0.25) is 0 Å². The van der Waals surface area contributed by atoms with E-state index in [0.29, 0.717) is 35.5 Å². The van der Waals surface area contributed by atoms with Crippen molar-refractivity contribution in [1.29, 1.82) is 0 Å². The third-order valence-electron chi connectivity index (χ3n) is 10.8. The molecule has 0 aromatic rings. The van der Waals surface area contributed by atoms with Crippen LogP contribution in [-0.4, -0.2) is 25.2 Å². The fraction of sp³-hybridized carbons (Fsp3) is 0.926. The van der Waals surface area contributed by atoms with Crippen molar-refractivity contribution in [3.63, 3.8) is 0 Å².